The number of hydrogen-bond acceptors (Lipinski definition) is 4. The van der Waals surface area contributed by atoms with E-state index in [1.54, 1.807) is 13.2 Å². The number of para-hydroxylation sites is 1. The van der Waals surface area contributed by atoms with E-state index in [0.717, 1.165) is 36.8 Å². The first kappa shape index (κ1) is 16.9. The van der Waals surface area contributed by atoms with Gasteiger partial charge in [-0.2, -0.15) is 10.4 Å². The third-order valence-electron chi connectivity index (χ3n) is 4.11. The Labute approximate surface area is 137 Å². The van der Waals surface area contributed by atoms with Gasteiger partial charge in [-0.15, -0.1) is 0 Å². The van der Waals surface area contributed by atoms with Crippen molar-refractivity contribution in [1.29, 1.82) is 5.26 Å². The molecule has 1 aromatic carbocycles. The van der Waals surface area contributed by atoms with Gasteiger partial charge in [-0.25, -0.2) is 0 Å². The maximum atomic E-state index is 9.46. The molecular weight excluding hydrogens is 288 g/mol. The van der Waals surface area contributed by atoms with Gasteiger partial charge in [0.2, 0.25) is 0 Å². The molecule has 0 saturated carbocycles. The van der Waals surface area contributed by atoms with E-state index < -0.39 is 0 Å². The van der Waals surface area contributed by atoms with Crippen molar-refractivity contribution in [3.05, 3.63) is 30.1 Å². The summed E-state index contributed by atoms with van der Waals surface area (Å²) >= 11 is 0. The van der Waals surface area contributed by atoms with E-state index in [9.17, 15) is 5.26 Å². The lowest BCUT2D eigenvalue weighted by atomic mass is 10.0. The minimum Gasteiger partial charge on any atom is -0.494 e. The lowest BCUT2D eigenvalue weighted by molar-refractivity contribution is 0.400. The highest BCUT2D eigenvalue weighted by molar-refractivity contribution is 5.79. The molecule has 0 aliphatic heterocycles. The number of nitrogen functional groups attached to an aromatic ring is 1. The van der Waals surface area contributed by atoms with Crippen molar-refractivity contribution < 1.29 is 4.74 Å². The van der Waals surface area contributed by atoms with Crippen LogP contribution in [0.2, 0.25) is 0 Å². The monoisotopic (exact) mass is 312 g/mol. The van der Waals surface area contributed by atoms with E-state index in [1.807, 2.05) is 23.0 Å². The molecule has 0 aliphatic carbocycles. The summed E-state index contributed by atoms with van der Waals surface area (Å²) in [5, 5.41) is 14.0. The summed E-state index contributed by atoms with van der Waals surface area (Å²) in [6, 6.07) is 8.06. The molecule has 23 heavy (non-hydrogen) atoms. The van der Waals surface area contributed by atoms with Gasteiger partial charge in [0.1, 0.15) is 11.8 Å². The molecule has 2 N–H and O–H groups in total. The highest BCUT2D eigenvalue weighted by Crippen LogP contribution is 2.36. The van der Waals surface area contributed by atoms with Gasteiger partial charge < -0.3 is 10.5 Å². The Morgan fingerprint density at radius 1 is 1.35 bits per heavy atom. The molecule has 5 heteroatoms. The Bertz CT molecular complexity index is 700. The van der Waals surface area contributed by atoms with Crippen LogP contribution in [0.25, 0.3) is 11.1 Å². The van der Waals surface area contributed by atoms with Crippen LogP contribution >= 0.6 is 0 Å². The van der Waals surface area contributed by atoms with Gasteiger partial charge in [0.05, 0.1) is 18.8 Å². The van der Waals surface area contributed by atoms with Crippen LogP contribution in [0, 0.1) is 11.3 Å². The average molecular weight is 312 g/mol. The second-order valence-electron chi connectivity index (χ2n) is 5.62. The quantitative estimate of drug-likeness (QED) is 0.779. The Kier molecular flexibility index (Phi) is 5.64. The van der Waals surface area contributed by atoms with Gasteiger partial charge in [0.15, 0.2) is 5.69 Å². The molecule has 1 unspecified atom stereocenters. The molecule has 0 fully saturated rings. The molecule has 2 rings (SSSR count). The third kappa shape index (κ3) is 3.48. The fraction of sp³-hybridized carbons (Fsp3) is 0.444. The molecule has 5 nitrogen and oxygen atoms in total. The van der Waals surface area contributed by atoms with Gasteiger partial charge in [0.25, 0.3) is 0 Å². The van der Waals surface area contributed by atoms with Crippen LogP contribution in [0.5, 0.6) is 5.75 Å². The first-order chi connectivity index (χ1) is 11.2. The Morgan fingerprint density at radius 3 is 2.74 bits per heavy atom. The minimum atomic E-state index is 0.308. The summed E-state index contributed by atoms with van der Waals surface area (Å²) in [6.45, 7) is 4.33. The molecule has 1 atom stereocenters. The zero-order chi connectivity index (χ0) is 16.8. The fourth-order valence-corrected chi connectivity index (χ4v) is 2.82. The first-order valence-corrected chi connectivity index (χ1v) is 8.08. The van der Waals surface area contributed by atoms with E-state index in [-0.39, 0.29) is 0 Å². The van der Waals surface area contributed by atoms with Crippen LogP contribution in [0.3, 0.4) is 0 Å². The number of unbranched alkanes of at least 4 members (excludes halogenated alkanes) is 1. The van der Waals surface area contributed by atoms with E-state index in [4.69, 9.17) is 10.5 Å². The maximum absolute atomic E-state index is 9.46. The smallest absolute Gasteiger partial charge is 0.170 e. The maximum Gasteiger partial charge on any atom is 0.170 e. The van der Waals surface area contributed by atoms with Crippen molar-refractivity contribution in [1.82, 2.24) is 9.78 Å². The molecule has 1 heterocycles. The highest BCUT2D eigenvalue weighted by Gasteiger charge is 2.19. The molecule has 122 valence electrons. The standard InChI is InChI=1S/C18H24N4O/c1-4-6-8-13(5-2)22-12-15(17(11-19)21-22)14-9-7-10-16(20)18(14)23-3/h7,9-10,12-13H,4-6,8,20H2,1-3H3. The number of anilines is 1. The summed E-state index contributed by atoms with van der Waals surface area (Å²) < 4.78 is 7.34. The second-order valence-corrected chi connectivity index (χ2v) is 5.62. The van der Waals surface area contributed by atoms with Gasteiger partial charge >= 0.3 is 0 Å². The largest absolute Gasteiger partial charge is 0.494 e. The second kappa shape index (κ2) is 7.68. The number of nitrogens with two attached hydrogens (primary N) is 1. The van der Waals surface area contributed by atoms with Crippen molar-refractivity contribution in [2.75, 3.05) is 12.8 Å². The summed E-state index contributed by atoms with van der Waals surface area (Å²) in [6.07, 6.45) is 6.29. The molecule has 0 spiro atoms. The summed E-state index contributed by atoms with van der Waals surface area (Å²) in [5.74, 6) is 0.588. The van der Waals surface area contributed by atoms with Crippen LogP contribution in [0.4, 0.5) is 5.69 Å². The van der Waals surface area contributed by atoms with Crippen LogP contribution in [-0.2, 0) is 0 Å². The van der Waals surface area contributed by atoms with Crippen LogP contribution in [-0.4, -0.2) is 16.9 Å². The number of rotatable bonds is 7. The van der Waals surface area contributed by atoms with Crippen molar-refractivity contribution in [3.63, 3.8) is 0 Å². The zero-order valence-electron chi connectivity index (χ0n) is 14.0. The van der Waals surface area contributed by atoms with Crippen LogP contribution in [0.15, 0.2) is 24.4 Å². The molecule has 0 aliphatic rings. The molecule has 0 radical (unpaired) electrons. The number of ether oxygens (including phenoxy) is 1. The SMILES string of the molecule is CCCCC(CC)n1cc(-c2cccc(N)c2OC)c(C#N)n1. The van der Waals surface area contributed by atoms with Crippen molar-refractivity contribution in [3.8, 4) is 22.9 Å². The van der Waals surface area contributed by atoms with Gasteiger partial charge in [-0.3, -0.25) is 4.68 Å². The molecule has 1 aromatic heterocycles. The van der Waals surface area contributed by atoms with Gasteiger partial charge in [0, 0.05) is 17.3 Å². The summed E-state index contributed by atoms with van der Waals surface area (Å²) in [4.78, 5) is 0. The Morgan fingerprint density at radius 2 is 2.13 bits per heavy atom. The predicted molar refractivity (Wildman–Crippen MR) is 92.2 cm³/mol. The highest BCUT2D eigenvalue weighted by atomic mass is 16.5. The third-order valence-corrected chi connectivity index (χ3v) is 4.11. The van der Waals surface area contributed by atoms with Crippen molar-refractivity contribution in [2.45, 2.75) is 45.6 Å². The molecule has 2 aromatic rings. The Hall–Kier alpha value is -2.48. The molecular formula is C18H24N4O. The summed E-state index contributed by atoms with van der Waals surface area (Å²) in [7, 11) is 1.59. The van der Waals surface area contributed by atoms with E-state index in [1.165, 1.54) is 0 Å². The van der Waals surface area contributed by atoms with Crippen LogP contribution < -0.4 is 10.5 Å². The normalized spacial score (nSPS) is 11.9. The van der Waals surface area contributed by atoms with E-state index in [0.29, 0.717) is 23.2 Å². The average Bonchev–Trinajstić information content (AvgIpc) is 2.99. The first-order valence-electron chi connectivity index (χ1n) is 8.08. The zero-order valence-corrected chi connectivity index (χ0v) is 14.0. The molecule has 0 bridgehead atoms. The lowest BCUT2D eigenvalue weighted by Crippen LogP contribution is -2.08. The van der Waals surface area contributed by atoms with Crippen molar-refractivity contribution >= 4 is 5.69 Å². The number of methoxy groups -OCH3 is 1. The number of hydrogen-bond donors (Lipinski definition) is 1. The van der Waals surface area contributed by atoms with E-state index >= 15 is 0 Å². The number of nitrogens with zero attached hydrogens (tertiary/aromatic N) is 3. The number of aromatic nitrogens is 2. The summed E-state index contributed by atoms with van der Waals surface area (Å²) in [5.41, 5.74) is 8.52. The Balaban J connectivity index is 2.48. The molecule has 0 amide bonds. The van der Waals surface area contributed by atoms with Gasteiger partial charge in [-0.05, 0) is 18.9 Å². The van der Waals surface area contributed by atoms with Crippen molar-refractivity contribution in [2.24, 2.45) is 0 Å². The number of nitriles is 1. The van der Waals surface area contributed by atoms with Gasteiger partial charge in [-0.1, -0.05) is 38.8 Å². The minimum absolute atomic E-state index is 0.308. The number of benzene rings is 1. The lowest BCUT2D eigenvalue weighted by Gasteiger charge is -2.14. The van der Waals surface area contributed by atoms with E-state index in [2.05, 4.69) is 25.0 Å². The predicted octanol–water partition coefficient (Wildman–Crippen LogP) is 4.15. The fourth-order valence-electron chi connectivity index (χ4n) is 2.82. The topological polar surface area (TPSA) is 76.9 Å². The molecule has 0 saturated heterocycles. The van der Waals surface area contributed by atoms with Crippen LogP contribution in [0.1, 0.15) is 51.3 Å².